The highest BCUT2D eigenvalue weighted by atomic mass is 19.1. The number of carboxylic acids is 1. The van der Waals surface area contributed by atoms with E-state index in [0.29, 0.717) is 30.3 Å². The summed E-state index contributed by atoms with van der Waals surface area (Å²) in [5.74, 6) is -0.468. The van der Waals surface area contributed by atoms with Gasteiger partial charge in [0.25, 0.3) is 0 Å². The Labute approximate surface area is 116 Å². The predicted octanol–water partition coefficient (Wildman–Crippen LogP) is 3.45. The summed E-state index contributed by atoms with van der Waals surface area (Å²) in [5.41, 5.74) is 0.616. The van der Waals surface area contributed by atoms with Crippen molar-refractivity contribution in [1.29, 1.82) is 0 Å². The van der Waals surface area contributed by atoms with Crippen LogP contribution in [0.4, 0.5) is 10.1 Å². The van der Waals surface area contributed by atoms with E-state index in [1.807, 2.05) is 6.92 Å². The molecule has 1 aromatic heterocycles. The second-order valence-corrected chi connectivity index (χ2v) is 4.45. The molecular weight excluding hydrogens is 261 g/mol. The number of halogens is 1. The molecule has 1 N–H and O–H groups in total. The van der Waals surface area contributed by atoms with E-state index in [-0.39, 0.29) is 11.4 Å². The van der Waals surface area contributed by atoms with E-state index in [4.69, 9.17) is 9.52 Å². The number of para-hydroxylation sites is 1. The van der Waals surface area contributed by atoms with E-state index >= 15 is 0 Å². The Morgan fingerprint density at radius 2 is 2.10 bits per heavy atom. The summed E-state index contributed by atoms with van der Waals surface area (Å²) < 4.78 is 19.2. The number of rotatable bonds is 5. The molecule has 1 aromatic carbocycles. The molecule has 20 heavy (non-hydrogen) atoms. The van der Waals surface area contributed by atoms with Crippen LogP contribution in [0.3, 0.4) is 0 Å². The molecule has 0 aliphatic carbocycles. The summed E-state index contributed by atoms with van der Waals surface area (Å²) >= 11 is 0. The number of benzene rings is 1. The van der Waals surface area contributed by atoms with Gasteiger partial charge in [0.2, 0.25) is 0 Å². The van der Waals surface area contributed by atoms with Gasteiger partial charge >= 0.3 is 5.97 Å². The Balaban J connectivity index is 2.25. The van der Waals surface area contributed by atoms with Crippen molar-refractivity contribution in [3.05, 3.63) is 53.2 Å². The quantitative estimate of drug-likeness (QED) is 0.909. The van der Waals surface area contributed by atoms with Gasteiger partial charge < -0.3 is 14.4 Å². The predicted molar refractivity (Wildman–Crippen MR) is 73.5 cm³/mol. The molecule has 4 nitrogen and oxygen atoms in total. The number of carbonyl (C=O) groups is 1. The smallest absolute Gasteiger partial charge is 0.339 e. The lowest BCUT2D eigenvalue weighted by molar-refractivity contribution is 0.0695. The molecule has 0 bridgehead atoms. The first-order valence-corrected chi connectivity index (χ1v) is 6.35. The fourth-order valence-corrected chi connectivity index (χ4v) is 2.10. The van der Waals surface area contributed by atoms with E-state index in [0.717, 1.165) is 0 Å². The largest absolute Gasteiger partial charge is 0.478 e. The Morgan fingerprint density at radius 1 is 1.40 bits per heavy atom. The Morgan fingerprint density at radius 3 is 2.65 bits per heavy atom. The van der Waals surface area contributed by atoms with Crippen LogP contribution in [-0.4, -0.2) is 17.6 Å². The van der Waals surface area contributed by atoms with Crippen molar-refractivity contribution in [3.8, 4) is 0 Å². The van der Waals surface area contributed by atoms with Crippen LogP contribution in [0.1, 0.15) is 28.8 Å². The van der Waals surface area contributed by atoms with Gasteiger partial charge in [0, 0.05) is 6.54 Å². The third kappa shape index (κ3) is 2.82. The van der Waals surface area contributed by atoms with Crippen LogP contribution in [0.2, 0.25) is 0 Å². The first-order valence-electron chi connectivity index (χ1n) is 6.35. The van der Waals surface area contributed by atoms with Gasteiger partial charge in [-0.05, 0) is 32.0 Å². The van der Waals surface area contributed by atoms with E-state index in [1.54, 1.807) is 30.0 Å². The SMILES string of the molecule is CCN(Cc1cc(C(=O)O)c(C)o1)c1ccccc1F. The average molecular weight is 277 g/mol. The monoisotopic (exact) mass is 277 g/mol. The topological polar surface area (TPSA) is 53.7 Å². The van der Waals surface area contributed by atoms with Crippen LogP contribution in [0.25, 0.3) is 0 Å². The van der Waals surface area contributed by atoms with E-state index in [2.05, 4.69) is 0 Å². The van der Waals surface area contributed by atoms with Crippen LogP contribution < -0.4 is 4.90 Å². The molecule has 0 atom stereocenters. The number of anilines is 1. The summed E-state index contributed by atoms with van der Waals surface area (Å²) in [6, 6.07) is 7.96. The number of hydrogen-bond acceptors (Lipinski definition) is 3. The minimum Gasteiger partial charge on any atom is -0.478 e. The number of hydrogen-bond donors (Lipinski definition) is 1. The minimum atomic E-state index is -1.02. The molecule has 0 amide bonds. The van der Waals surface area contributed by atoms with Crippen molar-refractivity contribution in [1.82, 2.24) is 0 Å². The van der Waals surface area contributed by atoms with Crippen molar-refractivity contribution in [2.24, 2.45) is 0 Å². The van der Waals surface area contributed by atoms with Gasteiger partial charge in [-0.1, -0.05) is 12.1 Å². The van der Waals surface area contributed by atoms with Gasteiger partial charge in [0.1, 0.15) is 22.9 Å². The first kappa shape index (κ1) is 14.1. The summed E-state index contributed by atoms with van der Waals surface area (Å²) in [5, 5.41) is 9.00. The first-order chi connectivity index (χ1) is 9.52. The van der Waals surface area contributed by atoms with Gasteiger partial charge in [-0.15, -0.1) is 0 Å². The van der Waals surface area contributed by atoms with Crippen LogP contribution in [-0.2, 0) is 6.54 Å². The lowest BCUT2D eigenvalue weighted by atomic mass is 10.2. The third-order valence-electron chi connectivity index (χ3n) is 3.12. The zero-order valence-corrected chi connectivity index (χ0v) is 11.4. The summed E-state index contributed by atoms with van der Waals surface area (Å²) in [7, 11) is 0. The molecule has 5 heteroatoms. The number of aryl methyl sites for hydroxylation is 1. The van der Waals surface area contributed by atoms with E-state index in [9.17, 15) is 9.18 Å². The number of carboxylic acid groups (broad SMARTS) is 1. The van der Waals surface area contributed by atoms with Gasteiger partial charge in [-0.3, -0.25) is 0 Å². The highest BCUT2D eigenvalue weighted by molar-refractivity contribution is 5.88. The molecule has 2 aromatic rings. The normalized spacial score (nSPS) is 10.6. The number of aromatic carboxylic acids is 1. The highest BCUT2D eigenvalue weighted by Gasteiger charge is 2.17. The molecule has 0 aliphatic heterocycles. The molecule has 0 unspecified atom stereocenters. The van der Waals surface area contributed by atoms with Crippen LogP contribution in [0.5, 0.6) is 0 Å². The number of furan rings is 1. The molecule has 106 valence electrons. The van der Waals surface area contributed by atoms with Gasteiger partial charge in [-0.25, -0.2) is 9.18 Å². The summed E-state index contributed by atoms with van der Waals surface area (Å²) in [6.45, 7) is 4.42. The summed E-state index contributed by atoms with van der Waals surface area (Å²) in [4.78, 5) is 12.8. The van der Waals surface area contributed by atoms with Crippen LogP contribution >= 0.6 is 0 Å². The summed E-state index contributed by atoms with van der Waals surface area (Å²) in [6.07, 6.45) is 0. The van der Waals surface area contributed by atoms with Crippen molar-refractivity contribution in [3.63, 3.8) is 0 Å². The standard InChI is InChI=1S/C15H16FNO3/c1-3-17(14-7-5-4-6-13(14)16)9-11-8-12(15(18)19)10(2)20-11/h4-8H,3,9H2,1-2H3,(H,18,19). The molecule has 2 rings (SSSR count). The van der Waals surface area contributed by atoms with Crippen molar-refractivity contribution in [2.75, 3.05) is 11.4 Å². The van der Waals surface area contributed by atoms with E-state index in [1.165, 1.54) is 12.1 Å². The van der Waals surface area contributed by atoms with E-state index < -0.39 is 5.97 Å². The zero-order chi connectivity index (χ0) is 14.7. The average Bonchev–Trinajstić information content (AvgIpc) is 2.78. The molecule has 0 saturated heterocycles. The van der Waals surface area contributed by atoms with Gasteiger partial charge in [0.15, 0.2) is 0 Å². The maximum absolute atomic E-state index is 13.8. The maximum atomic E-state index is 13.8. The fourth-order valence-electron chi connectivity index (χ4n) is 2.10. The molecule has 0 saturated carbocycles. The third-order valence-corrected chi connectivity index (χ3v) is 3.12. The Kier molecular flexibility index (Phi) is 4.08. The van der Waals surface area contributed by atoms with Gasteiger partial charge in [0.05, 0.1) is 12.2 Å². The van der Waals surface area contributed by atoms with Crippen LogP contribution in [0, 0.1) is 12.7 Å². The molecule has 0 aliphatic rings. The van der Waals surface area contributed by atoms with Crippen LogP contribution in [0.15, 0.2) is 34.7 Å². The Bertz CT molecular complexity index is 621. The maximum Gasteiger partial charge on any atom is 0.339 e. The number of nitrogens with zero attached hydrogens (tertiary/aromatic N) is 1. The highest BCUT2D eigenvalue weighted by Crippen LogP contribution is 2.23. The molecule has 0 radical (unpaired) electrons. The Hall–Kier alpha value is -2.30. The zero-order valence-electron chi connectivity index (χ0n) is 11.4. The van der Waals surface area contributed by atoms with Crippen molar-refractivity contribution in [2.45, 2.75) is 20.4 Å². The second-order valence-electron chi connectivity index (χ2n) is 4.45. The lowest BCUT2D eigenvalue weighted by Gasteiger charge is -2.22. The van der Waals surface area contributed by atoms with Gasteiger partial charge in [-0.2, -0.15) is 0 Å². The fraction of sp³-hybridized carbons (Fsp3) is 0.267. The van der Waals surface area contributed by atoms with Crippen molar-refractivity contribution < 1.29 is 18.7 Å². The lowest BCUT2D eigenvalue weighted by Crippen LogP contribution is -2.22. The molecular formula is C15H16FNO3. The molecule has 0 fully saturated rings. The minimum absolute atomic E-state index is 0.143. The second kappa shape index (κ2) is 5.77. The molecule has 1 heterocycles. The van der Waals surface area contributed by atoms with Crippen molar-refractivity contribution >= 4 is 11.7 Å². The molecule has 0 spiro atoms.